The van der Waals surface area contributed by atoms with Gasteiger partial charge in [0.1, 0.15) is 5.82 Å². The standard InChI is InChI=1S/C13H14FNOS/c1-7(2)15-13(16)12-8(3)11-9(14)5-4-6-10(11)17-12/h4-7H,1-3H3,(H,15,16). The number of aryl methyl sites for hydroxylation is 1. The van der Waals surface area contributed by atoms with E-state index in [1.807, 2.05) is 19.9 Å². The molecule has 0 aliphatic heterocycles. The van der Waals surface area contributed by atoms with Crippen LogP contribution in [0.15, 0.2) is 18.2 Å². The molecular weight excluding hydrogens is 237 g/mol. The Morgan fingerprint density at radius 3 is 2.71 bits per heavy atom. The first-order valence-corrected chi connectivity index (χ1v) is 6.31. The van der Waals surface area contributed by atoms with E-state index in [1.54, 1.807) is 13.0 Å². The molecule has 0 aliphatic rings. The lowest BCUT2D eigenvalue weighted by atomic mass is 10.1. The number of thiophene rings is 1. The third-order valence-corrected chi connectivity index (χ3v) is 3.78. The highest BCUT2D eigenvalue weighted by Gasteiger charge is 2.17. The Morgan fingerprint density at radius 1 is 1.41 bits per heavy atom. The van der Waals surface area contributed by atoms with Crippen LogP contribution in [-0.4, -0.2) is 11.9 Å². The molecule has 4 heteroatoms. The van der Waals surface area contributed by atoms with Gasteiger partial charge in [-0.2, -0.15) is 0 Å². The van der Waals surface area contributed by atoms with Crippen molar-refractivity contribution in [2.24, 2.45) is 0 Å². The van der Waals surface area contributed by atoms with Crippen molar-refractivity contribution in [3.63, 3.8) is 0 Å². The van der Waals surface area contributed by atoms with Gasteiger partial charge in [-0.25, -0.2) is 4.39 Å². The topological polar surface area (TPSA) is 29.1 Å². The molecule has 0 bridgehead atoms. The average molecular weight is 251 g/mol. The molecule has 1 heterocycles. The van der Waals surface area contributed by atoms with Crippen LogP contribution in [0.3, 0.4) is 0 Å². The van der Waals surface area contributed by atoms with Crippen molar-refractivity contribution < 1.29 is 9.18 Å². The summed E-state index contributed by atoms with van der Waals surface area (Å²) < 4.78 is 14.5. The molecule has 0 aliphatic carbocycles. The predicted octanol–water partition coefficient (Wildman–Crippen LogP) is 3.49. The second-order valence-electron chi connectivity index (χ2n) is 4.30. The summed E-state index contributed by atoms with van der Waals surface area (Å²) in [7, 11) is 0. The molecule has 2 nitrogen and oxygen atoms in total. The molecule has 90 valence electrons. The summed E-state index contributed by atoms with van der Waals surface area (Å²) in [4.78, 5) is 12.5. The molecule has 0 fully saturated rings. The molecule has 1 amide bonds. The van der Waals surface area contributed by atoms with Gasteiger partial charge in [-0.05, 0) is 38.5 Å². The van der Waals surface area contributed by atoms with Crippen molar-refractivity contribution in [2.75, 3.05) is 0 Å². The maximum Gasteiger partial charge on any atom is 0.261 e. The molecule has 17 heavy (non-hydrogen) atoms. The van der Waals surface area contributed by atoms with E-state index in [0.717, 1.165) is 10.3 Å². The quantitative estimate of drug-likeness (QED) is 0.869. The van der Waals surface area contributed by atoms with Gasteiger partial charge in [-0.3, -0.25) is 4.79 Å². The van der Waals surface area contributed by atoms with Crippen LogP contribution in [0, 0.1) is 12.7 Å². The largest absolute Gasteiger partial charge is 0.349 e. The van der Waals surface area contributed by atoms with Crippen molar-refractivity contribution in [1.29, 1.82) is 0 Å². The first-order valence-electron chi connectivity index (χ1n) is 5.49. The first-order chi connectivity index (χ1) is 8.00. The Bertz CT molecular complexity index is 574. The predicted molar refractivity (Wildman–Crippen MR) is 69.1 cm³/mol. The summed E-state index contributed by atoms with van der Waals surface area (Å²) in [6, 6.07) is 5.00. The molecule has 1 aromatic heterocycles. The molecule has 0 atom stereocenters. The summed E-state index contributed by atoms with van der Waals surface area (Å²) in [5, 5.41) is 3.39. The zero-order valence-corrected chi connectivity index (χ0v) is 10.8. The second-order valence-corrected chi connectivity index (χ2v) is 5.35. The lowest BCUT2D eigenvalue weighted by Crippen LogP contribution is -2.29. The average Bonchev–Trinajstić information content (AvgIpc) is 2.56. The number of halogens is 1. The van der Waals surface area contributed by atoms with E-state index in [0.29, 0.717) is 10.3 Å². The first kappa shape index (κ1) is 12.0. The van der Waals surface area contributed by atoms with Gasteiger partial charge in [0.25, 0.3) is 5.91 Å². The van der Waals surface area contributed by atoms with Crippen LogP contribution in [0.1, 0.15) is 29.1 Å². The number of hydrogen-bond donors (Lipinski definition) is 1. The number of hydrogen-bond acceptors (Lipinski definition) is 2. The minimum Gasteiger partial charge on any atom is -0.349 e. The zero-order valence-electron chi connectivity index (χ0n) is 10.0. The van der Waals surface area contributed by atoms with E-state index in [2.05, 4.69) is 5.32 Å². The van der Waals surface area contributed by atoms with Gasteiger partial charge in [0.05, 0.1) is 4.88 Å². The minimum absolute atomic E-state index is 0.0805. The Labute approximate surface area is 103 Å². The van der Waals surface area contributed by atoms with Crippen LogP contribution >= 0.6 is 11.3 Å². The normalized spacial score (nSPS) is 11.1. The molecule has 0 saturated heterocycles. The monoisotopic (exact) mass is 251 g/mol. The van der Waals surface area contributed by atoms with E-state index in [9.17, 15) is 9.18 Å². The molecule has 0 spiro atoms. The van der Waals surface area contributed by atoms with E-state index in [4.69, 9.17) is 0 Å². The minimum atomic E-state index is -0.264. The maximum atomic E-state index is 13.7. The number of rotatable bonds is 2. The SMILES string of the molecule is Cc1c(C(=O)NC(C)C)sc2cccc(F)c12. The Morgan fingerprint density at radius 2 is 2.12 bits per heavy atom. The highest BCUT2D eigenvalue weighted by atomic mass is 32.1. The van der Waals surface area contributed by atoms with E-state index >= 15 is 0 Å². The zero-order chi connectivity index (χ0) is 12.6. The summed E-state index contributed by atoms with van der Waals surface area (Å²) in [6.07, 6.45) is 0. The summed E-state index contributed by atoms with van der Waals surface area (Å²) >= 11 is 1.34. The molecule has 1 N–H and O–H groups in total. The lowest BCUT2D eigenvalue weighted by Gasteiger charge is -2.07. The van der Waals surface area contributed by atoms with Crippen molar-refractivity contribution in [2.45, 2.75) is 26.8 Å². The fraction of sp³-hybridized carbons (Fsp3) is 0.308. The number of fused-ring (bicyclic) bond motifs is 1. The van der Waals surface area contributed by atoms with Crippen LogP contribution in [0.25, 0.3) is 10.1 Å². The third kappa shape index (κ3) is 2.17. The van der Waals surface area contributed by atoms with Gasteiger partial charge < -0.3 is 5.32 Å². The molecule has 2 rings (SSSR count). The van der Waals surface area contributed by atoms with Crippen molar-refractivity contribution in [3.8, 4) is 0 Å². The van der Waals surface area contributed by atoms with Crippen LogP contribution in [0.4, 0.5) is 4.39 Å². The van der Waals surface area contributed by atoms with Crippen LogP contribution < -0.4 is 5.32 Å². The number of nitrogens with one attached hydrogen (secondary N) is 1. The number of amides is 1. The highest BCUT2D eigenvalue weighted by molar-refractivity contribution is 7.21. The maximum absolute atomic E-state index is 13.7. The van der Waals surface area contributed by atoms with E-state index in [1.165, 1.54) is 17.4 Å². The van der Waals surface area contributed by atoms with Gasteiger partial charge in [-0.15, -0.1) is 11.3 Å². The van der Waals surface area contributed by atoms with Crippen molar-refractivity contribution >= 4 is 27.3 Å². The molecule has 2 aromatic rings. The van der Waals surface area contributed by atoms with Crippen LogP contribution in [0.2, 0.25) is 0 Å². The fourth-order valence-electron chi connectivity index (χ4n) is 1.80. The molecule has 0 unspecified atom stereocenters. The highest BCUT2D eigenvalue weighted by Crippen LogP contribution is 2.32. The van der Waals surface area contributed by atoms with Gasteiger partial charge in [0.15, 0.2) is 0 Å². The third-order valence-electron chi connectivity index (χ3n) is 2.53. The fourth-order valence-corrected chi connectivity index (χ4v) is 2.92. The van der Waals surface area contributed by atoms with E-state index in [-0.39, 0.29) is 17.8 Å². The molecule has 1 aromatic carbocycles. The smallest absolute Gasteiger partial charge is 0.261 e. The number of carbonyl (C=O) groups is 1. The van der Waals surface area contributed by atoms with Crippen LogP contribution in [-0.2, 0) is 0 Å². The number of benzene rings is 1. The Hall–Kier alpha value is -1.42. The summed E-state index contributed by atoms with van der Waals surface area (Å²) in [5.74, 6) is -0.391. The molecular formula is C13H14FNOS. The Kier molecular flexibility index (Phi) is 3.15. The van der Waals surface area contributed by atoms with E-state index < -0.39 is 0 Å². The lowest BCUT2D eigenvalue weighted by molar-refractivity contribution is 0.0947. The van der Waals surface area contributed by atoms with Gasteiger partial charge in [0.2, 0.25) is 0 Å². The van der Waals surface area contributed by atoms with Gasteiger partial charge in [0, 0.05) is 16.1 Å². The summed E-state index contributed by atoms with van der Waals surface area (Å²) in [6.45, 7) is 5.60. The van der Waals surface area contributed by atoms with Gasteiger partial charge in [-0.1, -0.05) is 6.07 Å². The van der Waals surface area contributed by atoms with Crippen molar-refractivity contribution in [1.82, 2.24) is 5.32 Å². The second kappa shape index (κ2) is 4.45. The van der Waals surface area contributed by atoms with Gasteiger partial charge >= 0.3 is 0 Å². The number of carbonyl (C=O) groups excluding carboxylic acids is 1. The molecule has 0 saturated carbocycles. The summed E-state index contributed by atoms with van der Waals surface area (Å²) in [5.41, 5.74) is 0.723. The Balaban J connectivity index is 2.53. The van der Waals surface area contributed by atoms with Crippen molar-refractivity contribution in [3.05, 3.63) is 34.5 Å². The van der Waals surface area contributed by atoms with Crippen LogP contribution in [0.5, 0.6) is 0 Å². The molecule has 0 radical (unpaired) electrons.